The van der Waals surface area contributed by atoms with Crippen LogP contribution < -0.4 is 11.1 Å². The van der Waals surface area contributed by atoms with Crippen LogP contribution in [0.25, 0.3) is 0 Å². The molecule has 0 bridgehead atoms. The number of hydrogen-bond acceptors (Lipinski definition) is 2. The molecule has 0 aliphatic rings. The van der Waals surface area contributed by atoms with Crippen molar-refractivity contribution in [3.05, 3.63) is 30.6 Å². The van der Waals surface area contributed by atoms with Crippen LogP contribution in [0.3, 0.4) is 0 Å². The van der Waals surface area contributed by atoms with Crippen molar-refractivity contribution >= 4 is 5.96 Å². The van der Waals surface area contributed by atoms with E-state index in [1.54, 1.807) is 6.20 Å². The summed E-state index contributed by atoms with van der Waals surface area (Å²) in [5.41, 5.74) is 6.66. The number of rotatable bonds is 6. The Kier molecular flexibility index (Phi) is 5.11. The summed E-state index contributed by atoms with van der Waals surface area (Å²) in [5, 5.41) is 7.15. The molecule has 0 amide bonds. The number of nitrogens with two attached hydrogens (primary N) is 1. The summed E-state index contributed by atoms with van der Waals surface area (Å²) in [4.78, 5) is 4.12. The summed E-state index contributed by atoms with van der Waals surface area (Å²) < 4.78 is 1.89. The molecule has 0 aromatic carbocycles. The molecule has 0 saturated heterocycles. The van der Waals surface area contributed by atoms with E-state index in [0.29, 0.717) is 12.5 Å². The van der Waals surface area contributed by atoms with Gasteiger partial charge in [-0.1, -0.05) is 12.2 Å². The van der Waals surface area contributed by atoms with Gasteiger partial charge in [-0.05, 0) is 19.4 Å². The third-order valence-corrected chi connectivity index (χ3v) is 1.95. The lowest BCUT2D eigenvalue weighted by Crippen LogP contribution is -2.33. The molecule has 0 radical (unpaired) electrons. The molecule has 5 nitrogen and oxygen atoms in total. The average molecular weight is 221 g/mol. The number of aryl methyl sites for hydroxylation is 1. The Morgan fingerprint density at radius 1 is 1.62 bits per heavy atom. The lowest BCUT2D eigenvalue weighted by molar-refractivity contribution is 0.572. The lowest BCUT2D eigenvalue weighted by atomic mass is 10.4. The van der Waals surface area contributed by atoms with Crippen LogP contribution in [0.5, 0.6) is 0 Å². The van der Waals surface area contributed by atoms with Gasteiger partial charge in [-0.3, -0.25) is 4.68 Å². The topological polar surface area (TPSA) is 68.2 Å². The number of nitrogens with zero attached hydrogens (tertiary/aromatic N) is 3. The van der Waals surface area contributed by atoms with E-state index < -0.39 is 0 Å². The van der Waals surface area contributed by atoms with Gasteiger partial charge in [0, 0.05) is 25.5 Å². The van der Waals surface area contributed by atoms with Gasteiger partial charge in [0.05, 0.1) is 6.54 Å². The van der Waals surface area contributed by atoms with Gasteiger partial charge >= 0.3 is 0 Å². The van der Waals surface area contributed by atoms with Crippen molar-refractivity contribution in [2.45, 2.75) is 19.9 Å². The van der Waals surface area contributed by atoms with Crippen molar-refractivity contribution in [3.63, 3.8) is 0 Å². The Labute approximate surface area is 96.1 Å². The minimum absolute atomic E-state index is 0.475. The number of nitrogens with one attached hydrogen (secondary N) is 1. The van der Waals surface area contributed by atoms with Crippen molar-refractivity contribution in [2.75, 3.05) is 13.1 Å². The van der Waals surface area contributed by atoms with Crippen LogP contribution in [0.4, 0.5) is 0 Å². The summed E-state index contributed by atoms with van der Waals surface area (Å²) in [5.74, 6) is 0.475. The third kappa shape index (κ3) is 5.19. The van der Waals surface area contributed by atoms with Crippen molar-refractivity contribution in [2.24, 2.45) is 10.7 Å². The van der Waals surface area contributed by atoms with E-state index in [2.05, 4.69) is 22.0 Å². The number of guanidine groups is 1. The first-order chi connectivity index (χ1) is 7.68. The maximum Gasteiger partial charge on any atom is 0.188 e. The predicted octanol–water partition coefficient (Wildman–Crippen LogP) is 0.754. The molecule has 1 aromatic heterocycles. The molecule has 1 heterocycles. The van der Waals surface area contributed by atoms with E-state index in [1.165, 1.54) is 0 Å². The smallest absolute Gasteiger partial charge is 0.188 e. The molecular weight excluding hydrogens is 202 g/mol. The van der Waals surface area contributed by atoms with Gasteiger partial charge in [0.1, 0.15) is 0 Å². The Balaban J connectivity index is 2.11. The number of aliphatic imine (C=N–C) groups is 1. The maximum absolute atomic E-state index is 5.66. The normalized spacial score (nSPS) is 11.4. The second-order valence-electron chi connectivity index (χ2n) is 3.71. The number of hydrogen-bond donors (Lipinski definition) is 2. The summed E-state index contributed by atoms with van der Waals surface area (Å²) in [6.45, 7) is 7.94. The molecule has 16 heavy (non-hydrogen) atoms. The molecule has 88 valence electrons. The van der Waals surface area contributed by atoms with Gasteiger partial charge in [0.2, 0.25) is 0 Å². The molecule has 0 saturated carbocycles. The van der Waals surface area contributed by atoms with Gasteiger partial charge < -0.3 is 11.1 Å². The third-order valence-electron chi connectivity index (χ3n) is 1.95. The minimum atomic E-state index is 0.475. The fourth-order valence-electron chi connectivity index (χ4n) is 1.17. The van der Waals surface area contributed by atoms with Crippen LogP contribution in [0, 0.1) is 0 Å². The van der Waals surface area contributed by atoms with Crippen LogP contribution >= 0.6 is 0 Å². The van der Waals surface area contributed by atoms with Crippen molar-refractivity contribution in [3.8, 4) is 0 Å². The molecule has 1 aromatic rings. The molecule has 0 aliphatic carbocycles. The maximum atomic E-state index is 5.66. The lowest BCUT2D eigenvalue weighted by Gasteiger charge is -2.05. The predicted molar refractivity (Wildman–Crippen MR) is 66.2 cm³/mol. The number of aromatic nitrogens is 2. The Morgan fingerprint density at radius 2 is 2.44 bits per heavy atom. The van der Waals surface area contributed by atoms with Crippen molar-refractivity contribution in [1.29, 1.82) is 0 Å². The molecular formula is C11H19N5. The zero-order valence-corrected chi connectivity index (χ0v) is 9.69. The van der Waals surface area contributed by atoms with Gasteiger partial charge in [-0.2, -0.15) is 5.10 Å². The molecule has 0 unspecified atom stereocenters. The summed E-state index contributed by atoms with van der Waals surface area (Å²) in [7, 11) is 0. The van der Waals surface area contributed by atoms with Crippen molar-refractivity contribution < 1.29 is 0 Å². The average Bonchev–Trinajstić information content (AvgIpc) is 2.74. The highest BCUT2D eigenvalue weighted by atomic mass is 15.3. The zero-order chi connectivity index (χ0) is 11.8. The second-order valence-corrected chi connectivity index (χ2v) is 3.71. The molecule has 5 heteroatoms. The zero-order valence-electron chi connectivity index (χ0n) is 9.69. The Bertz CT molecular complexity index is 339. The van der Waals surface area contributed by atoms with Gasteiger partial charge in [-0.25, -0.2) is 4.99 Å². The highest BCUT2D eigenvalue weighted by Crippen LogP contribution is 1.88. The Hall–Kier alpha value is -1.78. The van der Waals surface area contributed by atoms with Crippen LogP contribution in [-0.4, -0.2) is 28.8 Å². The minimum Gasteiger partial charge on any atom is -0.370 e. The van der Waals surface area contributed by atoms with E-state index >= 15 is 0 Å². The van der Waals surface area contributed by atoms with E-state index in [1.807, 2.05) is 23.9 Å². The van der Waals surface area contributed by atoms with E-state index in [9.17, 15) is 0 Å². The first kappa shape index (κ1) is 12.3. The van der Waals surface area contributed by atoms with Crippen molar-refractivity contribution in [1.82, 2.24) is 15.1 Å². The molecule has 0 aliphatic heterocycles. The van der Waals surface area contributed by atoms with E-state index in [-0.39, 0.29) is 0 Å². The summed E-state index contributed by atoms with van der Waals surface area (Å²) >= 11 is 0. The fourth-order valence-corrected chi connectivity index (χ4v) is 1.17. The molecule has 0 spiro atoms. The van der Waals surface area contributed by atoms with E-state index in [0.717, 1.165) is 25.1 Å². The van der Waals surface area contributed by atoms with Crippen LogP contribution in [-0.2, 0) is 6.54 Å². The van der Waals surface area contributed by atoms with Gasteiger partial charge in [0.25, 0.3) is 0 Å². The highest BCUT2D eigenvalue weighted by Gasteiger charge is 1.93. The first-order valence-electron chi connectivity index (χ1n) is 5.34. The largest absolute Gasteiger partial charge is 0.370 e. The standard InChI is InChI=1S/C11H19N5/c1-10(2)9-14-11(12)13-5-3-7-16-8-4-6-15-16/h4,6,8H,1,3,5,7,9H2,2H3,(H3,12,13,14). The van der Waals surface area contributed by atoms with Crippen LogP contribution in [0.2, 0.25) is 0 Å². The van der Waals surface area contributed by atoms with Gasteiger partial charge in [-0.15, -0.1) is 0 Å². The SMILES string of the molecule is C=C(C)CN=C(N)NCCCn1cccn1. The fraction of sp³-hybridized carbons (Fsp3) is 0.455. The second kappa shape index (κ2) is 6.66. The Morgan fingerprint density at radius 3 is 3.06 bits per heavy atom. The van der Waals surface area contributed by atoms with Crippen LogP contribution in [0.1, 0.15) is 13.3 Å². The van der Waals surface area contributed by atoms with Gasteiger partial charge in [0.15, 0.2) is 5.96 Å². The van der Waals surface area contributed by atoms with E-state index in [4.69, 9.17) is 5.73 Å². The monoisotopic (exact) mass is 221 g/mol. The molecule has 1 rings (SSSR count). The van der Waals surface area contributed by atoms with Crippen LogP contribution in [0.15, 0.2) is 35.6 Å². The molecule has 0 fully saturated rings. The summed E-state index contributed by atoms with van der Waals surface area (Å²) in [6.07, 6.45) is 4.68. The highest BCUT2D eigenvalue weighted by molar-refractivity contribution is 5.77. The first-order valence-corrected chi connectivity index (χ1v) is 5.34. The molecule has 3 N–H and O–H groups in total. The summed E-state index contributed by atoms with van der Waals surface area (Å²) in [6, 6.07) is 1.91. The molecule has 0 atom stereocenters. The quantitative estimate of drug-likeness (QED) is 0.322.